The molecular formula is C19H22N4O2. The summed E-state index contributed by atoms with van der Waals surface area (Å²) in [5, 5.41) is 4.28. The fourth-order valence-electron chi connectivity index (χ4n) is 3.75. The van der Waals surface area contributed by atoms with Crippen LogP contribution in [-0.4, -0.2) is 57.6 Å². The Morgan fingerprint density at radius 1 is 0.960 bits per heavy atom. The molecule has 130 valence electrons. The highest BCUT2D eigenvalue weighted by molar-refractivity contribution is 6.21. The number of likely N-dealkylation sites (tertiary alicyclic amines) is 1. The maximum atomic E-state index is 12.4. The van der Waals surface area contributed by atoms with Gasteiger partial charge in [0.2, 0.25) is 0 Å². The van der Waals surface area contributed by atoms with Crippen molar-refractivity contribution in [2.45, 2.75) is 19.4 Å². The second-order valence-electron chi connectivity index (χ2n) is 6.82. The van der Waals surface area contributed by atoms with E-state index in [2.05, 4.69) is 10.00 Å². The summed E-state index contributed by atoms with van der Waals surface area (Å²) in [4.78, 5) is 28.5. The average molecular weight is 338 g/mol. The highest BCUT2D eigenvalue weighted by atomic mass is 16.2. The number of hydrogen-bond acceptors (Lipinski definition) is 4. The summed E-state index contributed by atoms with van der Waals surface area (Å²) in [7, 11) is 0. The minimum atomic E-state index is -0.158. The van der Waals surface area contributed by atoms with E-state index in [-0.39, 0.29) is 11.8 Å². The first-order valence-electron chi connectivity index (χ1n) is 8.87. The molecular weight excluding hydrogens is 316 g/mol. The van der Waals surface area contributed by atoms with Gasteiger partial charge < -0.3 is 4.90 Å². The standard InChI is InChI=1S/C19H22N4O2/c24-18-16-4-1-2-5-17(16)19(25)23(18)13-12-21-10-6-15(7-11-21)14-22-9-3-8-20-22/h1-5,8-9,15H,6-7,10-14H2. The van der Waals surface area contributed by atoms with Gasteiger partial charge in [-0.3, -0.25) is 19.2 Å². The van der Waals surface area contributed by atoms with Crippen molar-refractivity contribution in [3.8, 4) is 0 Å². The molecule has 6 heteroatoms. The molecule has 1 aromatic heterocycles. The van der Waals surface area contributed by atoms with Gasteiger partial charge in [0.05, 0.1) is 11.1 Å². The van der Waals surface area contributed by atoms with Gasteiger partial charge in [-0.1, -0.05) is 12.1 Å². The molecule has 1 fully saturated rings. The number of piperidine rings is 1. The van der Waals surface area contributed by atoms with Crippen molar-refractivity contribution < 1.29 is 9.59 Å². The lowest BCUT2D eigenvalue weighted by atomic mass is 9.97. The van der Waals surface area contributed by atoms with E-state index < -0.39 is 0 Å². The summed E-state index contributed by atoms with van der Waals surface area (Å²) in [6.45, 7) is 4.21. The van der Waals surface area contributed by atoms with Crippen molar-refractivity contribution in [2.75, 3.05) is 26.2 Å². The van der Waals surface area contributed by atoms with Gasteiger partial charge in [-0.05, 0) is 50.0 Å². The molecule has 4 rings (SSSR count). The normalized spacial score (nSPS) is 18.8. The van der Waals surface area contributed by atoms with E-state index in [1.165, 1.54) is 4.90 Å². The number of fused-ring (bicyclic) bond motifs is 1. The highest BCUT2D eigenvalue weighted by Crippen LogP contribution is 2.23. The van der Waals surface area contributed by atoms with E-state index >= 15 is 0 Å². The first-order chi connectivity index (χ1) is 12.2. The monoisotopic (exact) mass is 338 g/mol. The van der Waals surface area contributed by atoms with Crippen LogP contribution in [0, 0.1) is 5.92 Å². The van der Waals surface area contributed by atoms with E-state index in [9.17, 15) is 9.59 Å². The topological polar surface area (TPSA) is 58.4 Å². The van der Waals surface area contributed by atoms with Crippen LogP contribution in [0.25, 0.3) is 0 Å². The third kappa shape index (κ3) is 3.22. The largest absolute Gasteiger partial charge is 0.302 e. The van der Waals surface area contributed by atoms with Gasteiger partial charge in [0.1, 0.15) is 0 Å². The molecule has 0 saturated carbocycles. The van der Waals surface area contributed by atoms with Gasteiger partial charge in [0.25, 0.3) is 11.8 Å². The maximum Gasteiger partial charge on any atom is 0.261 e. The SMILES string of the molecule is O=C1c2ccccc2C(=O)N1CCN1CCC(Cn2cccn2)CC1. The van der Waals surface area contributed by atoms with Crippen LogP contribution in [0.2, 0.25) is 0 Å². The van der Waals surface area contributed by atoms with Crippen molar-refractivity contribution in [1.29, 1.82) is 0 Å². The van der Waals surface area contributed by atoms with Gasteiger partial charge in [-0.25, -0.2) is 0 Å². The van der Waals surface area contributed by atoms with Crippen LogP contribution in [-0.2, 0) is 6.54 Å². The Morgan fingerprint density at radius 2 is 1.64 bits per heavy atom. The second kappa shape index (κ2) is 6.80. The van der Waals surface area contributed by atoms with E-state index in [1.807, 2.05) is 23.1 Å². The quantitative estimate of drug-likeness (QED) is 0.781. The van der Waals surface area contributed by atoms with Crippen molar-refractivity contribution in [3.05, 3.63) is 53.9 Å². The third-order valence-corrected chi connectivity index (χ3v) is 5.23. The molecule has 2 aliphatic heterocycles. The molecule has 0 N–H and O–H groups in total. The van der Waals surface area contributed by atoms with Crippen LogP contribution in [0.3, 0.4) is 0 Å². The van der Waals surface area contributed by atoms with Crippen LogP contribution in [0.15, 0.2) is 42.7 Å². The van der Waals surface area contributed by atoms with Crippen molar-refractivity contribution in [3.63, 3.8) is 0 Å². The summed E-state index contributed by atoms with van der Waals surface area (Å²) in [6.07, 6.45) is 6.08. The predicted molar refractivity (Wildman–Crippen MR) is 93.2 cm³/mol. The predicted octanol–water partition coefficient (Wildman–Crippen LogP) is 1.89. The molecule has 0 spiro atoms. The Kier molecular flexibility index (Phi) is 4.36. The van der Waals surface area contributed by atoms with Crippen LogP contribution in [0.5, 0.6) is 0 Å². The molecule has 2 amide bonds. The molecule has 6 nitrogen and oxygen atoms in total. The van der Waals surface area contributed by atoms with Crippen LogP contribution in [0.4, 0.5) is 0 Å². The minimum Gasteiger partial charge on any atom is -0.302 e. The first-order valence-corrected chi connectivity index (χ1v) is 8.87. The van der Waals surface area contributed by atoms with Gasteiger partial charge in [-0.2, -0.15) is 5.10 Å². The van der Waals surface area contributed by atoms with Crippen molar-refractivity contribution in [2.24, 2.45) is 5.92 Å². The molecule has 2 aromatic rings. The van der Waals surface area contributed by atoms with Crippen LogP contribution < -0.4 is 0 Å². The zero-order chi connectivity index (χ0) is 17.2. The Balaban J connectivity index is 1.27. The number of amides is 2. The lowest BCUT2D eigenvalue weighted by Crippen LogP contribution is -2.42. The number of carbonyl (C=O) groups excluding carboxylic acids is 2. The second-order valence-corrected chi connectivity index (χ2v) is 6.82. The first kappa shape index (κ1) is 16.0. The maximum absolute atomic E-state index is 12.4. The van der Waals surface area contributed by atoms with Gasteiger partial charge in [0.15, 0.2) is 0 Å². The Bertz CT molecular complexity index is 728. The van der Waals surface area contributed by atoms with Crippen LogP contribution >= 0.6 is 0 Å². The Labute approximate surface area is 147 Å². The van der Waals surface area contributed by atoms with Crippen molar-refractivity contribution in [1.82, 2.24) is 19.6 Å². The number of hydrogen-bond donors (Lipinski definition) is 0. The summed E-state index contributed by atoms with van der Waals surface area (Å²) in [5.41, 5.74) is 1.07. The Hall–Kier alpha value is -2.47. The fraction of sp³-hybridized carbons (Fsp3) is 0.421. The van der Waals surface area contributed by atoms with E-state index in [0.29, 0.717) is 23.6 Å². The average Bonchev–Trinajstić information content (AvgIpc) is 3.23. The number of imide groups is 1. The number of benzene rings is 1. The van der Waals surface area contributed by atoms with Gasteiger partial charge >= 0.3 is 0 Å². The number of nitrogens with zero attached hydrogens (tertiary/aromatic N) is 4. The summed E-state index contributed by atoms with van der Waals surface area (Å²) >= 11 is 0. The molecule has 1 aromatic carbocycles. The molecule has 0 unspecified atom stereocenters. The molecule has 2 aliphatic rings. The highest BCUT2D eigenvalue weighted by Gasteiger charge is 2.35. The number of rotatable bonds is 5. The zero-order valence-corrected chi connectivity index (χ0v) is 14.2. The molecule has 3 heterocycles. The molecule has 0 bridgehead atoms. The third-order valence-electron chi connectivity index (χ3n) is 5.23. The molecule has 1 saturated heterocycles. The van der Waals surface area contributed by atoms with Crippen molar-refractivity contribution >= 4 is 11.8 Å². The summed E-state index contributed by atoms with van der Waals surface area (Å²) < 4.78 is 2.00. The zero-order valence-electron chi connectivity index (χ0n) is 14.2. The van der Waals surface area contributed by atoms with Crippen LogP contribution in [0.1, 0.15) is 33.6 Å². The van der Waals surface area contributed by atoms with Gasteiger partial charge in [0, 0.05) is 32.0 Å². The smallest absolute Gasteiger partial charge is 0.261 e. The van der Waals surface area contributed by atoms with E-state index in [4.69, 9.17) is 0 Å². The van der Waals surface area contributed by atoms with E-state index in [0.717, 1.165) is 39.0 Å². The lowest BCUT2D eigenvalue weighted by molar-refractivity contribution is 0.0624. The number of aromatic nitrogens is 2. The number of carbonyl (C=O) groups is 2. The molecule has 25 heavy (non-hydrogen) atoms. The fourth-order valence-corrected chi connectivity index (χ4v) is 3.75. The Morgan fingerprint density at radius 3 is 2.24 bits per heavy atom. The summed E-state index contributed by atoms with van der Waals surface area (Å²) in [6, 6.07) is 9.03. The summed E-state index contributed by atoms with van der Waals surface area (Å²) in [5.74, 6) is 0.332. The minimum absolute atomic E-state index is 0.158. The molecule has 0 aliphatic carbocycles. The van der Waals surface area contributed by atoms with E-state index in [1.54, 1.807) is 24.3 Å². The molecule has 0 atom stereocenters. The molecule has 0 radical (unpaired) electrons. The van der Waals surface area contributed by atoms with Gasteiger partial charge in [-0.15, -0.1) is 0 Å². The lowest BCUT2D eigenvalue weighted by Gasteiger charge is -2.32.